The molecule has 1 atom stereocenters. The highest BCUT2D eigenvalue weighted by molar-refractivity contribution is 8.69. The minimum Gasteiger partial charge on any atom is -0.493 e. The van der Waals surface area contributed by atoms with Crippen molar-refractivity contribution in [3.8, 4) is 5.75 Å². The minimum absolute atomic E-state index is 0.109. The quantitative estimate of drug-likeness (QED) is 0.565. The van der Waals surface area contributed by atoms with E-state index in [4.69, 9.17) is 4.74 Å². The fourth-order valence-electron chi connectivity index (χ4n) is 1.61. The fourth-order valence-corrected chi connectivity index (χ4v) is 2.63. The van der Waals surface area contributed by atoms with E-state index in [1.807, 2.05) is 12.1 Å². The van der Waals surface area contributed by atoms with Crippen molar-refractivity contribution in [2.45, 2.75) is 18.1 Å². The van der Waals surface area contributed by atoms with E-state index in [1.165, 1.54) is 5.56 Å². The van der Waals surface area contributed by atoms with Crippen molar-refractivity contribution >= 4 is 22.5 Å². The maximum Gasteiger partial charge on any atom is 0.123 e. The molecule has 0 fully saturated rings. The number of thiol groups is 1. The first-order valence-corrected chi connectivity index (χ1v) is 6.18. The van der Waals surface area contributed by atoms with Gasteiger partial charge in [0.25, 0.3) is 0 Å². The molecule has 0 N–H and O–H groups in total. The van der Waals surface area contributed by atoms with Crippen LogP contribution >= 0.6 is 22.5 Å². The zero-order valence-electron chi connectivity index (χ0n) is 7.49. The summed E-state index contributed by atoms with van der Waals surface area (Å²) in [6.45, 7) is 3.01. The van der Waals surface area contributed by atoms with E-state index in [2.05, 4.69) is 30.7 Å². The molecule has 1 aromatic rings. The molecule has 1 aliphatic heterocycles. The molecule has 0 aliphatic carbocycles. The molecule has 13 heavy (non-hydrogen) atoms. The minimum atomic E-state index is 0.109. The van der Waals surface area contributed by atoms with Crippen molar-refractivity contribution in [2.24, 2.45) is 0 Å². The molecular weight excluding hydrogens is 200 g/mol. The zero-order chi connectivity index (χ0) is 9.31. The summed E-state index contributed by atoms with van der Waals surface area (Å²) in [6, 6.07) is 8.21. The van der Waals surface area contributed by atoms with Gasteiger partial charge in [-0.3, -0.25) is 0 Å². The smallest absolute Gasteiger partial charge is 0.123 e. The topological polar surface area (TPSA) is 9.23 Å². The van der Waals surface area contributed by atoms with Gasteiger partial charge in [0.2, 0.25) is 0 Å². The van der Waals surface area contributed by atoms with Crippen LogP contribution in [-0.2, 0) is 4.75 Å². The molecule has 0 aromatic heterocycles. The maximum atomic E-state index is 5.57. The highest BCUT2D eigenvalue weighted by Gasteiger charge is 2.32. The molecule has 1 unspecified atom stereocenters. The second kappa shape index (κ2) is 3.46. The molecule has 3 heteroatoms. The molecule has 0 radical (unpaired) electrons. The van der Waals surface area contributed by atoms with Crippen LogP contribution in [0.1, 0.15) is 18.9 Å². The van der Waals surface area contributed by atoms with Gasteiger partial charge in [0.05, 0.1) is 11.4 Å². The second-order valence-corrected chi connectivity index (χ2v) is 5.05. The molecule has 1 aliphatic rings. The summed E-state index contributed by atoms with van der Waals surface area (Å²) in [5, 5.41) is 0. The Morgan fingerprint density at radius 1 is 1.46 bits per heavy atom. The number of rotatable bonds is 1. The Morgan fingerprint density at radius 2 is 2.23 bits per heavy atom. The van der Waals surface area contributed by atoms with Crippen molar-refractivity contribution < 1.29 is 4.74 Å². The number of hydrogen-bond acceptors (Lipinski definition) is 3. The van der Waals surface area contributed by atoms with Crippen LogP contribution in [-0.4, -0.2) is 6.61 Å². The molecule has 0 spiro atoms. The molecule has 2 rings (SSSR count). The normalized spacial score (nSPS) is 26.3. The highest BCUT2D eigenvalue weighted by Crippen LogP contribution is 2.47. The van der Waals surface area contributed by atoms with Crippen molar-refractivity contribution in [2.75, 3.05) is 6.61 Å². The van der Waals surface area contributed by atoms with Gasteiger partial charge in [0, 0.05) is 12.0 Å². The van der Waals surface area contributed by atoms with Gasteiger partial charge in [0.15, 0.2) is 0 Å². The summed E-state index contributed by atoms with van der Waals surface area (Å²) in [6.07, 6.45) is 1.03. The average Bonchev–Trinajstić information content (AvgIpc) is 2.19. The largest absolute Gasteiger partial charge is 0.493 e. The number of fused-ring (bicyclic) bond motifs is 1. The molecule has 0 saturated carbocycles. The lowest BCUT2D eigenvalue weighted by molar-refractivity contribution is 0.263. The van der Waals surface area contributed by atoms with Gasteiger partial charge in [-0.1, -0.05) is 29.0 Å². The predicted molar refractivity (Wildman–Crippen MR) is 60.5 cm³/mol. The average molecular weight is 212 g/mol. The number of para-hydroxylation sites is 1. The van der Waals surface area contributed by atoms with Crippen LogP contribution in [0.5, 0.6) is 5.75 Å². The Labute approximate surface area is 87.7 Å². The van der Waals surface area contributed by atoms with Crippen molar-refractivity contribution in [1.82, 2.24) is 0 Å². The summed E-state index contributed by atoms with van der Waals surface area (Å²) >= 11 is 4.33. The molecule has 0 saturated heterocycles. The van der Waals surface area contributed by atoms with Gasteiger partial charge in [-0.25, -0.2) is 0 Å². The summed E-state index contributed by atoms with van der Waals surface area (Å²) in [4.78, 5) is 0. The Balaban J connectivity index is 2.48. The van der Waals surface area contributed by atoms with E-state index >= 15 is 0 Å². The van der Waals surface area contributed by atoms with Crippen LogP contribution < -0.4 is 4.74 Å². The van der Waals surface area contributed by atoms with E-state index < -0.39 is 0 Å². The Morgan fingerprint density at radius 3 is 3.00 bits per heavy atom. The van der Waals surface area contributed by atoms with E-state index in [0.29, 0.717) is 0 Å². The number of benzene rings is 1. The van der Waals surface area contributed by atoms with E-state index in [0.717, 1.165) is 18.8 Å². The highest BCUT2D eigenvalue weighted by atomic mass is 33.1. The number of ether oxygens (including phenoxy) is 1. The molecule has 70 valence electrons. The van der Waals surface area contributed by atoms with Crippen LogP contribution in [0, 0.1) is 0 Å². The van der Waals surface area contributed by atoms with Crippen LogP contribution in [0.2, 0.25) is 0 Å². The van der Waals surface area contributed by atoms with E-state index in [9.17, 15) is 0 Å². The Kier molecular flexibility index (Phi) is 2.47. The third kappa shape index (κ3) is 1.55. The third-order valence-corrected chi connectivity index (χ3v) is 4.53. The third-order valence-electron chi connectivity index (χ3n) is 2.49. The SMILES string of the molecule is CC1(SS)CCOc2ccccc21. The van der Waals surface area contributed by atoms with Gasteiger partial charge in [-0.05, 0) is 13.0 Å². The zero-order valence-corrected chi connectivity index (χ0v) is 9.20. The lowest BCUT2D eigenvalue weighted by atomic mass is 9.94. The standard InChI is InChI=1S/C10H12OS2/c1-10(13-12)6-7-11-9-5-3-2-4-8(9)10/h2-5,12H,6-7H2,1H3. The lowest BCUT2D eigenvalue weighted by Crippen LogP contribution is -2.25. The molecule has 0 bridgehead atoms. The summed E-state index contributed by atoms with van der Waals surface area (Å²) in [5.74, 6) is 1.01. The second-order valence-electron chi connectivity index (χ2n) is 3.42. The molecular formula is C10H12OS2. The monoisotopic (exact) mass is 212 g/mol. The van der Waals surface area contributed by atoms with Crippen molar-refractivity contribution in [1.29, 1.82) is 0 Å². The Bertz CT molecular complexity index is 314. The maximum absolute atomic E-state index is 5.57. The first-order chi connectivity index (χ1) is 6.26. The molecule has 0 amide bonds. The molecule has 1 nitrogen and oxygen atoms in total. The summed E-state index contributed by atoms with van der Waals surface area (Å²) < 4.78 is 5.68. The van der Waals surface area contributed by atoms with Crippen LogP contribution in [0.15, 0.2) is 24.3 Å². The summed E-state index contributed by atoms with van der Waals surface area (Å²) in [5.41, 5.74) is 1.27. The van der Waals surface area contributed by atoms with Crippen LogP contribution in [0.25, 0.3) is 0 Å². The van der Waals surface area contributed by atoms with Gasteiger partial charge in [-0.15, -0.1) is 11.7 Å². The van der Waals surface area contributed by atoms with Crippen LogP contribution in [0.3, 0.4) is 0 Å². The molecule has 1 heterocycles. The number of hydrogen-bond donors (Lipinski definition) is 1. The van der Waals surface area contributed by atoms with Gasteiger partial charge in [0.1, 0.15) is 5.75 Å². The fraction of sp³-hybridized carbons (Fsp3) is 0.400. The van der Waals surface area contributed by atoms with Crippen LogP contribution in [0.4, 0.5) is 0 Å². The van der Waals surface area contributed by atoms with Gasteiger partial charge < -0.3 is 4.74 Å². The lowest BCUT2D eigenvalue weighted by Gasteiger charge is -2.33. The van der Waals surface area contributed by atoms with Gasteiger partial charge in [-0.2, -0.15) is 0 Å². The molecule has 1 aromatic carbocycles. The first kappa shape index (κ1) is 9.28. The van der Waals surface area contributed by atoms with Gasteiger partial charge >= 0.3 is 0 Å². The first-order valence-electron chi connectivity index (χ1n) is 4.31. The predicted octanol–water partition coefficient (Wildman–Crippen LogP) is 3.26. The van der Waals surface area contributed by atoms with Crippen molar-refractivity contribution in [3.63, 3.8) is 0 Å². The van der Waals surface area contributed by atoms with E-state index in [-0.39, 0.29) is 4.75 Å². The van der Waals surface area contributed by atoms with E-state index in [1.54, 1.807) is 10.8 Å². The summed E-state index contributed by atoms with van der Waals surface area (Å²) in [7, 11) is 1.61. The Hall–Kier alpha value is -0.280. The van der Waals surface area contributed by atoms with Crippen molar-refractivity contribution in [3.05, 3.63) is 29.8 Å².